The van der Waals surface area contributed by atoms with Crippen LogP contribution in [0.15, 0.2) is 23.3 Å². The standard InChI is InChI=1S/C16H25N3O2S/c1-5-9-20-14-8-7-13(11-15(14)21-10-6-2)12(3)18-19-16(22)17-4/h7-8,11H,5-6,9-10H2,1-4H3,(H2,17,19,22)/b18-12-. The van der Waals surface area contributed by atoms with Gasteiger partial charge in [0.05, 0.1) is 18.9 Å². The summed E-state index contributed by atoms with van der Waals surface area (Å²) < 4.78 is 11.5. The summed E-state index contributed by atoms with van der Waals surface area (Å²) in [4.78, 5) is 0. The topological polar surface area (TPSA) is 54.9 Å². The first-order valence-electron chi connectivity index (χ1n) is 7.54. The monoisotopic (exact) mass is 323 g/mol. The van der Waals surface area contributed by atoms with Crippen molar-refractivity contribution in [2.24, 2.45) is 5.10 Å². The zero-order chi connectivity index (χ0) is 16.4. The van der Waals surface area contributed by atoms with Crippen LogP contribution in [0, 0.1) is 0 Å². The van der Waals surface area contributed by atoms with Crippen molar-refractivity contribution < 1.29 is 9.47 Å². The van der Waals surface area contributed by atoms with Gasteiger partial charge in [-0.05, 0) is 50.2 Å². The molecule has 22 heavy (non-hydrogen) atoms. The molecule has 0 atom stereocenters. The Labute approximate surface area is 138 Å². The maximum absolute atomic E-state index is 5.78. The lowest BCUT2D eigenvalue weighted by molar-refractivity contribution is 0.268. The lowest BCUT2D eigenvalue weighted by Crippen LogP contribution is -2.29. The second kappa shape index (κ2) is 10.00. The van der Waals surface area contributed by atoms with E-state index < -0.39 is 0 Å². The lowest BCUT2D eigenvalue weighted by Gasteiger charge is -2.13. The number of nitrogens with one attached hydrogen (secondary N) is 2. The first-order chi connectivity index (χ1) is 10.6. The van der Waals surface area contributed by atoms with Gasteiger partial charge in [-0.25, -0.2) is 0 Å². The fourth-order valence-corrected chi connectivity index (χ4v) is 1.69. The molecule has 1 aromatic rings. The molecular formula is C16H25N3O2S. The molecule has 0 unspecified atom stereocenters. The highest BCUT2D eigenvalue weighted by Crippen LogP contribution is 2.29. The second-order valence-corrected chi connectivity index (χ2v) is 5.15. The van der Waals surface area contributed by atoms with Gasteiger partial charge in [0.15, 0.2) is 16.6 Å². The zero-order valence-electron chi connectivity index (χ0n) is 13.7. The predicted octanol–water partition coefficient (Wildman–Crippen LogP) is 3.08. The van der Waals surface area contributed by atoms with E-state index in [2.05, 4.69) is 29.7 Å². The number of hydrogen-bond acceptors (Lipinski definition) is 4. The molecule has 0 bridgehead atoms. The number of ether oxygens (including phenoxy) is 2. The van der Waals surface area contributed by atoms with Crippen molar-refractivity contribution in [1.82, 2.24) is 10.7 Å². The van der Waals surface area contributed by atoms with Crippen LogP contribution in [-0.4, -0.2) is 31.1 Å². The summed E-state index contributed by atoms with van der Waals surface area (Å²) in [5.74, 6) is 1.52. The largest absolute Gasteiger partial charge is 0.490 e. The minimum atomic E-state index is 0.477. The van der Waals surface area contributed by atoms with Crippen molar-refractivity contribution in [3.8, 4) is 11.5 Å². The lowest BCUT2D eigenvalue weighted by atomic mass is 10.1. The Kier molecular flexibility index (Phi) is 8.28. The van der Waals surface area contributed by atoms with E-state index in [0.717, 1.165) is 35.6 Å². The molecule has 5 nitrogen and oxygen atoms in total. The molecule has 0 aromatic heterocycles. The molecule has 0 aliphatic rings. The van der Waals surface area contributed by atoms with Crippen LogP contribution in [0.1, 0.15) is 39.2 Å². The third kappa shape index (κ3) is 5.89. The van der Waals surface area contributed by atoms with Gasteiger partial charge in [0.25, 0.3) is 0 Å². The van der Waals surface area contributed by atoms with E-state index in [9.17, 15) is 0 Å². The van der Waals surface area contributed by atoms with Gasteiger partial charge in [0.2, 0.25) is 0 Å². The first kappa shape index (κ1) is 18.2. The van der Waals surface area contributed by atoms with Gasteiger partial charge in [-0.2, -0.15) is 5.10 Å². The number of nitrogens with zero attached hydrogens (tertiary/aromatic N) is 1. The molecule has 0 saturated heterocycles. The van der Waals surface area contributed by atoms with E-state index >= 15 is 0 Å². The Morgan fingerprint density at radius 2 is 1.77 bits per heavy atom. The molecule has 0 spiro atoms. The van der Waals surface area contributed by atoms with Gasteiger partial charge in [-0.1, -0.05) is 13.8 Å². The van der Waals surface area contributed by atoms with E-state index in [-0.39, 0.29) is 0 Å². The van der Waals surface area contributed by atoms with Crippen molar-refractivity contribution in [3.63, 3.8) is 0 Å². The third-order valence-corrected chi connectivity index (χ3v) is 3.13. The maximum Gasteiger partial charge on any atom is 0.186 e. The SMILES string of the molecule is CCCOc1ccc(/C(C)=N\NC(=S)NC)cc1OCCC. The molecule has 0 aliphatic carbocycles. The summed E-state index contributed by atoms with van der Waals surface area (Å²) >= 11 is 5.00. The number of rotatable bonds is 8. The van der Waals surface area contributed by atoms with E-state index in [4.69, 9.17) is 21.7 Å². The Bertz CT molecular complexity index is 518. The fourth-order valence-electron chi connectivity index (χ4n) is 1.64. The summed E-state index contributed by atoms with van der Waals surface area (Å²) in [6.07, 6.45) is 1.91. The average Bonchev–Trinajstić information content (AvgIpc) is 2.55. The van der Waals surface area contributed by atoms with Gasteiger partial charge in [-0.15, -0.1) is 0 Å². The highest BCUT2D eigenvalue weighted by Gasteiger charge is 2.08. The van der Waals surface area contributed by atoms with Gasteiger partial charge >= 0.3 is 0 Å². The molecule has 0 radical (unpaired) electrons. The zero-order valence-corrected chi connectivity index (χ0v) is 14.5. The number of hydrazone groups is 1. The number of thiocarbonyl (C=S) groups is 1. The maximum atomic E-state index is 5.78. The Hall–Kier alpha value is -1.82. The van der Waals surface area contributed by atoms with Crippen LogP contribution in [-0.2, 0) is 0 Å². The van der Waals surface area contributed by atoms with E-state index in [1.807, 2.05) is 25.1 Å². The molecule has 0 fully saturated rings. The molecule has 0 saturated carbocycles. The molecule has 0 heterocycles. The van der Waals surface area contributed by atoms with E-state index in [1.165, 1.54) is 0 Å². The molecule has 122 valence electrons. The number of benzene rings is 1. The van der Waals surface area contributed by atoms with Crippen molar-refractivity contribution in [1.29, 1.82) is 0 Å². The van der Waals surface area contributed by atoms with Crippen LogP contribution >= 0.6 is 12.2 Å². The van der Waals surface area contributed by atoms with Crippen molar-refractivity contribution >= 4 is 23.0 Å². The molecular weight excluding hydrogens is 298 g/mol. The molecule has 1 rings (SSSR count). The average molecular weight is 323 g/mol. The molecule has 1 aromatic carbocycles. The van der Waals surface area contributed by atoms with Crippen LogP contribution in [0.25, 0.3) is 0 Å². The Morgan fingerprint density at radius 3 is 2.36 bits per heavy atom. The summed E-state index contributed by atoms with van der Waals surface area (Å²) in [6.45, 7) is 7.40. The van der Waals surface area contributed by atoms with Crippen molar-refractivity contribution in [3.05, 3.63) is 23.8 Å². The summed E-state index contributed by atoms with van der Waals surface area (Å²) in [5.41, 5.74) is 4.56. The Morgan fingerprint density at radius 1 is 1.14 bits per heavy atom. The van der Waals surface area contributed by atoms with Gasteiger partial charge in [0, 0.05) is 12.6 Å². The first-order valence-corrected chi connectivity index (χ1v) is 7.95. The minimum Gasteiger partial charge on any atom is -0.490 e. The fraction of sp³-hybridized carbons (Fsp3) is 0.500. The summed E-state index contributed by atoms with van der Waals surface area (Å²) in [6, 6.07) is 5.84. The smallest absolute Gasteiger partial charge is 0.186 e. The third-order valence-electron chi connectivity index (χ3n) is 2.84. The van der Waals surface area contributed by atoms with E-state index in [0.29, 0.717) is 18.3 Å². The predicted molar refractivity (Wildman–Crippen MR) is 95.0 cm³/mol. The quantitative estimate of drug-likeness (QED) is 0.437. The van der Waals surface area contributed by atoms with Gasteiger partial charge in [-0.3, -0.25) is 5.43 Å². The molecule has 2 N–H and O–H groups in total. The minimum absolute atomic E-state index is 0.477. The second-order valence-electron chi connectivity index (χ2n) is 4.75. The van der Waals surface area contributed by atoms with Crippen LogP contribution < -0.4 is 20.2 Å². The molecule has 0 amide bonds. The van der Waals surface area contributed by atoms with Crippen LogP contribution in [0.5, 0.6) is 11.5 Å². The van der Waals surface area contributed by atoms with Crippen LogP contribution in [0.4, 0.5) is 0 Å². The highest BCUT2D eigenvalue weighted by atomic mass is 32.1. The summed E-state index contributed by atoms with van der Waals surface area (Å²) in [5, 5.41) is 7.53. The van der Waals surface area contributed by atoms with Gasteiger partial charge in [0.1, 0.15) is 0 Å². The highest BCUT2D eigenvalue weighted by molar-refractivity contribution is 7.80. The van der Waals surface area contributed by atoms with Crippen molar-refractivity contribution in [2.75, 3.05) is 20.3 Å². The van der Waals surface area contributed by atoms with E-state index in [1.54, 1.807) is 7.05 Å². The Balaban J connectivity index is 2.93. The molecule has 0 aliphatic heterocycles. The summed E-state index contributed by atoms with van der Waals surface area (Å²) in [7, 11) is 1.75. The molecule has 6 heteroatoms. The normalized spacial score (nSPS) is 11.0. The van der Waals surface area contributed by atoms with Crippen LogP contribution in [0.2, 0.25) is 0 Å². The van der Waals surface area contributed by atoms with Crippen LogP contribution in [0.3, 0.4) is 0 Å². The number of hydrogen-bond donors (Lipinski definition) is 2. The van der Waals surface area contributed by atoms with Gasteiger partial charge < -0.3 is 14.8 Å². The van der Waals surface area contributed by atoms with Crippen molar-refractivity contribution in [2.45, 2.75) is 33.6 Å².